The molecular formula is C7H7N5O. The molecule has 2 rings (SSSR count). The molecule has 0 bridgehead atoms. The molecule has 13 heavy (non-hydrogen) atoms. The predicted octanol–water partition coefficient (Wildman–Crippen LogP) is -0.101. The minimum Gasteiger partial charge on any atom is -0.364 e. The van der Waals surface area contributed by atoms with Crippen molar-refractivity contribution in [2.45, 2.75) is 0 Å². The van der Waals surface area contributed by atoms with Gasteiger partial charge < -0.3 is 5.73 Å². The van der Waals surface area contributed by atoms with Crippen molar-refractivity contribution in [1.29, 1.82) is 0 Å². The van der Waals surface area contributed by atoms with Crippen LogP contribution in [-0.2, 0) is 0 Å². The Morgan fingerprint density at radius 2 is 2.23 bits per heavy atom. The Balaban J connectivity index is 2.52. The molecule has 0 radical (unpaired) electrons. The van der Waals surface area contributed by atoms with Gasteiger partial charge in [0.05, 0.1) is 6.20 Å². The smallest absolute Gasteiger partial charge is 0.269 e. The molecule has 0 fully saturated rings. The highest BCUT2D eigenvalue weighted by molar-refractivity contribution is 5.97. The largest absolute Gasteiger partial charge is 0.364 e. The molecule has 6 heteroatoms. The summed E-state index contributed by atoms with van der Waals surface area (Å²) in [6, 6.07) is 0. The van der Waals surface area contributed by atoms with Gasteiger partial charge in [0.25, 0.3) is 5.91 Å². The van der Waals surface area contributed by atoms with Crippen LogP contribution in [0.1, 0.15) is 10.5 Å². The summed E-state index contributed by atoms with van der Waals surface area (Å²) in [4.78, 5) is 10.9. The number of carbonyl (C=O) groups is 1. The van der Waals surface area contributed by atoms with E-state index in [1.165, 1.54) is 0 Å². The maximum absolute atomic E-state index is 10.9. The van der Waals surface area contributed by atoms with E-state index in [9.17, 15) is 4.79 Å². The fourth-order valence-corrected chi connectivity index (χ4v) is 1.10. The van der Waals surface area contributed by atoms with Crippen molar-refractivity contribution >= 4 is 5.91 Å². The van der Waals surface area contributed by atoms with Crippen molar-refractivity contribution in [3.8, 4) is 11.1 Å². The zero-order valence-electron chi connectivity index (χ0n) is 6.61. The molecule has 0 atom stereocenters. The lowest BCUT2D eigenvalue weighted by atomic mass is 10.1. The molecule has 2 aromatic heterocycles. The van der Waals surface area contributed by atoms with Crippen LogP contribution in [0.5, 0.6) is 0 Å². The topological polar surface area (TPSA) is 100 Å². The van der Waals surface area contributed by atoms with Gasteiger partial charge in [-0.1, -0.05) is 0 Å². The summed E-state index contributed by atoms with van der Waals surface area (Å²) in [6.45, 7) is 0. The Morgan fingerprint density at radius 3 is 2.85 bits per heavy atom. The van der Waals surface area contributed by atoms with E-state index in [0.717, 1.165) is 5.56 Å². The second kappa shape index (κ2) is 2.74. The monoisotopic (exact) mass is 177 g/mol. The van der Waals surface area contributed by atoms with Crippen LogP contribution in [-0.4, -0.2) is 26.3 Å². The van der Waals surface area contributed by atoms with Crippen molar-refractivity contribution < 1.29 is 4.79 Å². The molecule has 2 heterocycles. The minimum atomic E-state index is -0.558. The van der Waals surface area contributed by atoms with Crippen LogP contribution in [0.4, 0.5) is 0 Å². The van der Waals surface area contributed by atoms with Crippen LogP contribution in [0.25, 0.3) is 11.1 Å². The summed E-state index contributed by atoms with van der Waals surface area (Å²) in [5, 5.41) is 12.7. The van der Waals surface area contributed by atoms with Crippen LogP contribution < -0.4 is 5.73 Å². The lowest BCUT2D eigenvalue weighted by Gasteiger charge is -1.92. The quantitative estimate of drug-likeness (QED) is 0.597. The maximum Gasteiger partial charge on any atom is 0.269 e. The normalized spacial score (nSPS) is 10.2. The first-order valence-electron chi connectivity index (χ1n) is 3.62. The zero-order valence-corrected chi connectivity index (χ0v) is 6.61. The summed E-state index contributed by atoms with van der Waals surface area (Å²) in [6.07, 6.45) is 4.86. The first-order chi connectivity index (χ1) is 6.29. The number of rotatable bonds is 2. The lowest BCUT2D eigenvalue weighted by molar-refractivity contribution is 0.0996. The highest BCUT2D eigenvalue weighted by Gasteiger charge is 2.13. The lowest BCUT2D eigenvalue weighted by Crippen LogP contribution is -2.12. The zero-order chi connectivity index (χ0) is 9.26. The summed E-state index contributed by atoms with van der Waals surface area (Å²) >= 11 is 0. The molecule has 2 aromatic rings. The van der Waals surface area contributed by atoms with Gasteiger partial charge in [0, 0.05) is 23.5 Å². The summed E-state index contributed by atoms with van der Waals surface area (Å²) in [5.74, 6) is -0.558. The van der Waals surface area contributed by atoms with E-state index in [-0.39, 0.29) is 5.69 Å². The molecule has 0 aliphatic rings. The molecule has 0 aliphatic carbocycles. The first-order valence-corrected chi connectivity index (χ1v) is 3.62. The molecule has 0 spiro atoms. The molecular weight excluding hydrogens is 170 g/mol. The average molecular weight is 177 g/mol. The molecule has 0 saturated carbocycles. The second-order valence-electron chi connectivity index (χ2n) is 2.50. The van der Waals surface area contributed by atoms with E-state index in [1.807, 2.05) is 0 Å². The predicted molar refractivity (Wildman–Crippen MR) is 44.7 cm³/mol. The molecule has 6 nitrogen and oxygen atoms in total. The number of nitrogens with one attached hydrogen (secondary N) is 2. The number of aromatic amines is 2. The van der Waals surface area contributed by atoms with Gasteiger partial charge in [-0.25, -0.2) is 0 Å². The van der Waals surface area contributed by atoms with Crippen LogP contribution in [0.2, 0.25) is 0 Å². The summed E-state index contributed by atoms with van der Waals surface area (Å²) in [7, 11) is 0. The molecule has 0 aliphatic heterocycles. The van der Waals surface area contributed by atoms with Crippen LogP contribution in [0.15, 0.2) is 18.6 Å². The number of amides is 1. The van der Waals surface area contributed by atoms with E-state index in [1.54, 1.807) is 18.6 Å². The number of nitrogens with zero attached hydrogens (tertiary/aromatic N) is 2. The third-order valence-corrected chi connectivity index (χ3v) is 1.68. The van der Waals surface area contributed by atoms with Gasteiger partial charge in [0.15, 0.2) is 5.69 Å². The molecule has 1 amide bonds. The first kappa shape index (κ1) is 7.53. The van der Waals surface area contributed by atoms with Gasteiger partial charge in [0.1, 0.15) is 0 Å². The fraction of sp³-hybridized carbons (Fsp3) is 0. The number of carbonyl (C=O) groups excluding carboxylic acids is 1. The van der Waals surface area contributed by atoms with Crippen molar-refractivity contribution in [3.05, 3.63) is 24.3 Å². The standard InChI is InChI=1S/C7H7N5O/c8-7(13)6-5(3-11-12-6)4-1-9-10-2-4/h1-3H,(H2,8,13)(H,9,10)(H,11,12). The van der Waals surface area contributed by atoms with Crippen LogP contribution in [0, 0.1) is 0 Å². The van der Waals surface area contributed by atoms with E-state index in [4.69, 9.17) is 5.73 Å². The average Bonchev–Trinajstić information content (AvgIpc) is 2.74. The second-order valence-corrected chi connectivity index (χ2v) is 2.50. The Labute approximate surface area is 73.1 Å². The number of aromatic nitrogens is 4. The third kappa shape index (κ3) is 1.18. The summed E-state index contributed by atoms with van der Waals surface area (Å²) < 4.78 is 0. The van der Waals surface area contributed by atoms with Gasteiger partial charge in [-0.15, -0.1) is 0 Å². The third-order valence-electron chi connectivity index (χ3n) is 1.68. The number of nitrogens with two attached hydrogens (primary N) is 1. The Bertz CT molecular complexity index is 416. The van der Waals surface area contributed by atoms with Gasteiger partial charge in [-0.05, 0) is 0 Å². The van der Waals surface area contributed by atoms with Gasteiger partial charge in [-0.3, -0.25) is 15.0 Å². The Morgan fingerprint density at radius 1 is 1.38 bits per heavy atom. The highest BCUT2D eigenvalue weighted by atomic mass is 16.1. The molecule has 0 unspecified atom stereocenters. The number of H-pyrrole nitrogens is 2. The Kier molecular flexibility index (Phi) is 1.59. The van der Waals surface area contributed by atoms with Crippen LogP contribution in [0.3, 0.4) is 0 Å². The number of hydrogen-bond donors (Lipinski definition) is 3. The molecule has 0 aromatic carbocycles. The van der Waals surface area contributed by atoms with Crippen LogP contribution >= 0.6 is 0 Å². The van der Waals surface area contributed by atoms with E-state index in [0.29, 0.717) is 5.56 Å². The molecule has 66 valence electrons. The number of primary amides is 1. The van der Waals surface area contributed by atoms with Gasteiger partial charge in [0.2, 0.25) is 0 Å². The highest BCUT2D eigenvalue weighted by Crippen LogP contribution is 2.19. The van der Waals surface area contributed by atoms with Gasteiger partial charge >= 0.3 is 0 Å². The SMILES string of the molecule is NC(=O)c1n[nH]cc1-c1cn[nH]c1. The van der Waals surface area contributed by atoms with Gasteiger partial charge in [-0.2, -0.15) is 10.2 Å². The maximum atomic E-state index is 10.9. The van der Waals surface area contributed by atoms with Crippen molar-refractivity contribution in [2.75, 3.05) is 0 Å². The molecule has 0 saturated heterocycles. The Hall–Kier alpha value is -2.11. The van der Waals surface area contributed by atoms with Crippen molar-refractivity contribution in [3.63, 3.8) is 0 Å². The summed E-state index contributed by atoms with van der Waals surface area (Å²) in [5.41, 5.74) is 6.77. The van der Waals surface area contributed by atoms with E-state index < -0.39 is 5.91 Å². The minimum absolute atomic E-state index is 0.224. The van der Waals surface area contributed by atoms with E-state index >= 15 is 0 Å². The van der Waals surface area contributed by atoms with Crippen molar-refractivity contribution in [2.24, 2.45) is 5.73 Å². The fourth-order valence-electron chi connectivity index (χ4n) is 1.10. The molecule has 4 N–H and O–H groups in total. The van der Waals surface area contributed by atoms with Crippen molar-refractivity contribution in [1.82, 2.24) is 20.4 Å². The van der Waals surface area contributed by atoms with E-state index in [2.05, 4.69) is 20.4 Å². The number of hydrogen-bond acceptors (Lipinski definition) is 3.